The van der Waals surface area contributed by atoms with Gasteiger partial charge in [0.25, 0.3) is 0 Å². The van der Waals surface area contributed by atoms with Crippen LogP contribution in [0.15, 0.2) is 53.9 Å². The first-order valence-electron chi connectivity index (χ1n) is 10.2. The monoisotopic (exact) mass is 438 g/mol. The molecule has 0 aliphatic carbocycles. The molecule has 162 valence electrons. The summed E-state index contributed by atoms with van der Waals surface area (Å²) in [5.74, 6) is 0.171. The Hall–Kier alpha value is -3.19. The SMILES string of the molecule is CCc1ccccc1N(C(C)=O)c1nc(COc2ccc(C(=O)OC(C)C)cc2)cs1. The summed E-state index contributed by atoms with van der Waals surface area (Å²) in [5.41, 5.74) is 3.14. The zero-order valence-electron chi connectivity index (χ0n) is 18.1. The van der Waals surface area contributed by atoms with Gasteiger partial charge in [-0.2, -0.15) is 0 Å². The Kier molecular flexibility index (Phi) is 7.41. The highest BCUT2D eigenvalue weighted by Gasteiger charge is 2.20. The Balaban J connectivity index is 1.69. The Labute approximate surface area is 186 Å². The number of para-hydroxylation sites is 1. The van der Waals surface area contributed by atoms with Crippen LogP contribution in [0.2, 0.25) is 0 Å². The summed E-state index contributed by atoms with van der Waals surface area (Å²) in [7, 11) is 0. The Bertz CT molecular complexity index is 1040. The van der Waals surface area contributed by atoms with Crippen LogP contribution < -0.4 is 9.64 Å². The topological polar surface area (TPSA) is 68.7 Å². The van der Waals surface area contributed by atoms with E-state index in [0.717, 1.165) is 23.4 Å². The third-order valence-corrected chi connectivity index (χ3v) is 5.35. The highest BCUT2D eigenvalue weighted by Crippen LogP contribution is 2.32. The molecule has 0 radical (unpaired) electrons. The molecule has 1 aromatic heterocycles. The van der Waals surface area contributed by atoms with Crippen molar-refractivity contribution in [2.75, 3.05) is 4.90 Å². The van der Waals surface area contributed by atoms with Gasteiger partial charge < -0.3 is 9.47 Å². The van der Waals surface area contributed by atoms with E-state index in [4.69, 9.17) is 9.47 Å². The van der Waals surface area contributed by atoms with Crippen molar-refractivity contribution in [3.05, 3.63) is 70.7 Å². The van der Waals surface area contributed by atoms with Gasteiger partial charge in [0.1, 0.15) is 12.4 Å². The van der Waals surface area contributed by atoms with Crippen molar-refractivity contribution in [1.29, 1.82) is 0 Å². The summed E-state index contributed by atoms with van der Waals surface area (Å²) in [6.45, 7) is 7.48. The van der Waals surface area contributed by atoms with Crippen LogP contribution in [0.5, 0.6) is 5.75 Å². The van der Waals surface area contributed by atoms with E-state index in [0.29, 0.717) is 16.4 Å². The van der Waals surface area contributed by atoms with E-state index in [-0.39, 0.29) is 24.6 Å². The van der Waals surface area contributed by atoms with Crippen LogP contribution in [0.4, 0.5) is 10.8 Å². The van der Waals surface area contributed by atoms with Crippen molar-refractivity contribution < 1.29 is 19.1 Å². The van der Waals surface area contributed by atoms with E-state index in [1.165, 1.54) is 18.3 Å². The molecule has 6 nitrogen and oxygen atoms in total. The van der Waals surface area contributed by atoms with Gasteiger partial charge in [0.05, 0.1) is 23.0 Å². The van der Waals surface area contributed by atoms with E-state index in [2.05, 4.69) is 11.9 Å². The first-order valence-corrected chi connectivity index (χ1v) is 11.0. The fourth-order valence-electron chi connectivity index (χ4n) is 3.03. The lowest BCUT2D eigenvalue weighted by Crippen LogP contribution is -2.23. The molecule has 2 aromatic carbocycles. The minimum atomic E-state index is -0.359. The lowest BCUT2D eigenvalue weighted by atomic mass is 10.1. The number of rotatable bonds is 8. The van der Waals surface area contributed by atoms with Gasteiger partial charge in [-0.3, -0.25) is 9.69 Å². The Morgan fingerprint density at radius 2 is 1.81 bits per heavy atom. The molecule has 1 amide bonds. The van der Waals surface area contributed by atoms with Crippen LogP contribution in [0.25, 0.3) is 0 Å². The molecule has 31 heavy (non-hydrogen) atoms. The van der Waals surface area contributed by atoms with Crippen molar-refractivity contribution in [3.63, 3.8) is 0 Å². The maximum Gasteiger partial charge on any atom is 0.338 e. The zero-order chi connectivity index (χ0) is 22.4. The largest absolute Gasteiger partial charge is 0.487 e. The molecule has 0 unspecified atom stereocenters. The molecular formula is C24H26N2O4S. The van der Waals surface area contributed by atoms with Gasteiger partial charge in [-0.1, -0.05) is 25.1 Å². The molecule has 0 bridgehead atoms. The molecule has 0 spiro atoms. The van der Waals surface area contributed by atoms with Crippen molar-refractivity contribution >= 4 is 34.0 Å². The van der Waals surface area contributed by atoms with E-state index < -0.39 is 0 Å². The maximum atomic E-state index is 12.4. The lowest BCUT2D eigenvalue weighted by Gasteiger charge is -2.20. The van der Waals surface area contributed by atoms with Crippen LogP contribution in [0.1, 0.15) is 49.3 Å². The van der Waals surface area contributed by atoms with Gasteiger partial charge in [0.15, 0.2) is 5.13 Å². The van der Waals surface area contributed by atoms with Crippen molar-refractivity contribution in [2.45, 2.75) is 46.8 Å². The molecule has 0 aliphatic rings. The normalized spacial score (nSPS) is 10.7. The fraction of sp³-hybridized carbons (Fsp3) is 0.292. The highest BCUT2D eigenvalue weighted by molar-refractivity contribution is 7.14. The number of benzene rings is 2. The van der Waals surface area contributed by atoms with Gasteiger partial charge in [-0.05, 0) is 56.2 Å². The number of nitrogens with zero attached hydrogens (tertiary/aromatic N) is 2. The molecule has 0 atom stereocenters. The van der Waals surface area contributed by atoms with E-state index >= 15 is 0 Å². The third kappa shape index (κ3) is 5.70. The molecule has 0 fully saturated rings. The van der Waals surface area contributed by atoms with Crippen LogP contribution >= 0.6 is 11.3 Å². The second kappa shape index (κ2) is 10.2. The lowest BCUT2D eigenvalue weighted by molar-refractivity contribution is -0.115. The predicted octanol–water partition coefficient (Wildman–Crippen LogP) is 5.53. The molecule has 0 saturated carbocycles. The standard InChI is InChI=1S/C24H26N2O4S/c1-5-18-8-6-7-9-22(18)26(17(4)27)24-25-20(15-31-24)14-29-21-12-10-19(11-13-21)23(28)30-16(2)3/h6-13,15-16H,5,14H2,1-4H3. The Morgan fingerprint density at radius 1 is 1.10 bits per heavy atom. The van der Waals surface area contributed by atoms with E-state index in [1.807, 2.05) is 43.5 Å². The van der Waals surface area contributed by atoms with Gasteiger partial charge >= 0.3 is 5.97 Å². The second-order valence-electron chi connectivity index (χ2n) is 7.23. The number of amides is 1. The summed E-state index contributed by atoms with van der Waals surface area (Å²) in [4.78, 5) is 30.5. The van der Waals surface area contributed by atoms with Crippen LogP contribution in [-0.4, -0.2) is 23.0 Å². The van der Waals surface area contributed by atoms with E-state index in [9.17, 15) is 9.59 Å². The smallest absolute Gasteiger partial charge is 0.338 e. The number of carbonyl (C=O) groups excluding carboxylic acids is 2. The number of carbonyl (C=O) groups is 2. The summed E-state index contributed by atoms with van der Waals surface area (Å²) in [6.07, 6.45) is 0.656. The number of hydrogen-bond acceptors (Lipinski definition) is 6. The summed E-state index contributed by atoms with van der Waals surface area (Å²) in [6, 6.07) is 14.6. The minimum absolute atomic E-state index is 0.0911. The molecule has 0 N–H and O–H groups in total. The maximum absolute atomic E-state index is 12.4. The molecule has 1 heterocycles. The molecule has 3 aromatic rings. The number of ether oxygens (including phenoxy) is 2. The number of anilines is 2. The van der Waals surface area contributed by atoms with Crippen LogP contribution in [0, 0.1) is 0 Å². The van der Waals surface area contributed by atoms with Crippen LogP contribution in [0.3, 0.4) is 0 Å². The zero-order valence-corrected chi connectivity index (χ0v) is 18.9. The predicted molar refractivity (Wildman–Crippen MR) is 122 cm³/mol. The number of thiazole rings is 1. The average molecular weight is 439 g/mol. The highest BCUT2D eigenvalue weighted by atomic mass is 32.1. The van der Waals surface area contributed by atoms with Gasteiger partial charge in [-0.25, -0.2) is 9.78 Å². The minimum Gasteiger partial charge on any atom is -0.487 e. The van der Waals surface area contributed by atoms with Gasteiger partial charge in [-0.15, -0.1) is 11.3 Å². The van der Waals surface area contributed by atoms with E-state index in [1.54, 1.807) is 29.2 Å². The fourth-order valence-corrected chi connectivity index (χ4v) is 3.89. The van der Waals surface area contributed by atoms with Crippen molar-refractivity contribution in [2.24, 2.45) is 0 Å². The number of aromatic nitrogens is 1. The molecule has 0 aliphatic heterocycles. The summed E-state index contributed by atoms with van der Waals surface area (Å²) in [5, 5.41) is 2.49. The summed E-state index contributed by atoms with van der Waals surface area (Å²) < 4.78 is 11.0. The van der Waals surface area contributed by atoms with Gasteiger partial charge in [0, 0.05) is 12.3 Å². The van der Waals surface area contributed by atoms with Crippen molar-refractivity contribution in [1.82, 2.24) is 4.98 Å². The second-order valence-corrected chi connectivity index (χ2v) is 8.06. The first-order chi connectivity index (χ1) is 14.9. The molecule has 0 saturated heterocycles. The molecular weight excluding hydrogens is 412 g/mol. The van der Waals surface area contributed by atoms with Gasteiger partial charge in [0.2, 0.25) is 5.91 Å². The number of hydrogen-bond donors (Lipinski definition) is 0. The van der Waals surface area contributed by atoms with Crippen molar-refractivity contribution in [3.8, 4) is 5.75 Å². The molecule has 7 heteroatoms. The quantitative estimate of drug-likeness (QED) is 0.432. The number of aryl methyl sites for hydroxylation is 1. The average Bonchev–Trinajstić information content (AvgIpc) is 3.20. The Morgan fingerprint density at radius 3 is 2.45 bits per heavy atom. The molecule has 3 rings (SSSR count). The van der Waals surface area contributed by atoms with Crippen LogP contribution in [-0.2, 0) is 22.6 Å². The third-order valence-electron chi connectivity index (χ3n) is 4.48. The summed E-state index contributed by atoms with van der Waals surface area (Å²) >= 11 is 1.40. The number of esters is 1. The first kappa shape index (κ1) is 22.5.